The Labute approximate surface area is 86.9 Å². The van der Waals surface area contributed by atoms with Gasteiger partial charge in [0.2, 0.25) is 0 Å². The van der Waals surface area contributed by atoms with Crippen molar-refractivity contribution in [1.29, 1.82) is 0 Å². The summed E-state index contributed by atoms with van der Waals surface area (Å²) in [5.41, 5.74) is 0.590. The summed E-state index contributed by atoms with van der Waals surface area (Å²) in [4.78, 5) is 2.42. The molecule has 0 saturated carbocycles. The predicted octanol–water partition coefficient (Wildman–Crippen LogP) is 1.29. The fraction of sp³-hybridized carbons (Fsp3) is 1.00. The van der Waals surface area contributed by atoms with Crippen LogP contribution >= 0.6 is 24.8 Å². The highest BCUT2D eigenvalue weighted by molar-refractivity contribution is 5.85. The van der Waals surface area contributed by atoms with Crippen LogP contribution in [0, 0.1) is 0 Å². The number of hydrogen-bond acceptors (Lipinski definition) is 2. The quantitative estimate of drug-likeness (QED) is 0.652. The second-order valence-electron chi connectivity index (χ2n) is 3.76. The van der Waals surface area contributed by atoms with Crippen molar-refractivity contribution in [2.75, 3.05) is 26.7 Å². The molecule has 2 aliphatic heterocycles. The summed E-state index contributed by atoms with van der Waals surface area (Å²) in [5.74, 6) is 0. The molecule has 2 heterocycles. The zero-order valence-electron chi connectivity index (χ0n) is 7.51. The lowest BCUT2D eigenvalue weighted by Gasteiger charge is -2.48. The van der Waals surface area contributed by atoms with E-state index in [-0.39, 0.29) is 24.8 Å². The fourth-order valence-corrected chi connectivity index (χ4v) is 1.95. The van der Waals surface area contributed by atoms with Gasteiger partial charge in [-0.2, -0.15) is 0 Å². The maximum atomic E-state index is 3.55. The molecule has 12 heavy (non-hydrogen) atoms. The Morgan fingerprint density at radius 1 is 1.08 bits per heavy atom. The van der Waals surface area contributed by atoms with Crippen LogP contribution in [-0.4, -0.2) is 37.1 Å². The third-order valence-electron chi connectivity index (χ3n) is 3.05. The predicted molar refractivity (Wildman–Crippen MR) is 56.6 cm³/mol. The molecular weight excluding hydrogens is 195 g/mol. The first-order valence-electron chi connectivity index (χ1n) is 4.24. The van der Waals surface area contributed by atoms with Crippen molar-refractivity contribution in [1.82, 2.24) is 10.2 Å². The summed E-state index contributed by atoms with van der Waals surface area (Å²) < 4.78 is 0. The van der Waals surface area contributed by atoms with E-state index >= 15 is 0 Å². The molecule has 2 fully saturated rings. The monoisotopic (exact) mass is 212 g/mol. The summed E-state index contributed by atoms with van der Waals surface area (Å²) in [6.07, 6.45) is 4.15. The molecule has 0 aromatic heterocycles. The van der Waals surface area contributed by atoms with Gasteiger partial charge >= 0.3 is 0 Å². The Morgan fingerprint density at radius 3 is 1.92 bits per heavy atom. The highest BCUT2D eigenvalue weighted by Gasteiger charge is 2.38. The number of halogens is 2. The molecule has 2 nitrogen and oxygen atoms in total. The smallest absolute Gasteiger partial charge is 0.0217 e. The Hall–Kier alpha value is 0.500. The number of nitrogens with one attached hydrogen (secondary N) is 1. The molecule has 0 aromatic carbocycles. The molecule has 0 atom stereocenters. The summed E-state index contributed by atoms with van der Waals surface area (Å²) in [7, 11) is 2.21. The number of nitrogens with zero attached hydrogens (tertiary/aromatic N) is 1. The zero-order chi connectivity index (χ0) is 7.03. The molecule has 4 heteroatoms. The van der Waals surface area contributed by atoms with E-state index in [0.717, 1.165) is 0 Å². The van der Waals surface area contributed by atoms with Gasteiger partial charge in [-0.15, -0.1) is 24.8 Å². The van der Waals surface area contributed by atoms with Gasteiger partial charge < -0.3 is 10.2 Å². The van der Waals surface area contributed by atoms with Crippen molar-refractivity contribution in [2.45, 2.75) is 24.8 Å². The van der Waals surface area contributed by atoms with E-state index in [4.69, 9.17) is 0 Å². The van der Waals surface area contributed by atoms with Crippen LogP contribution in [0.25, 0.3) is 0 Å². The molecule has 2 saturated heterocycles. The first-order valence-corrected chi connectivity index (χ1v) is 4.24. The standard InChI is InChI=1S/C8H16N2.2ClH/c1-10-6-3-8(4-7-10)2-5-9-8;;/h9H,2-7H2,1H3;2*1H. The van der Waals surface area contributed by atoms with Gasteiger partial charge in [-0.05, 0) is 45.9 Å². The van der Waals surface area contributed by atoms with Crippen molar-refractivity contribution >= 4 is 24.8 Å². The molecule has 1 N–H and O–H groups in total. The van der Waals surface area contributed by atoms with Gasteiger partial charge in [-0.1, -0.05) is 0 Å². The first-order chi connectivity index (χ1) is 4.81. The van der Waals surface area contributed by atoms with E-state index in [9.17, 15) is 0 Å². The average molecular weight is 213 g/mol. The third-order valence-corrected chi connectivity index (χ3v) is 3.05. The minimum Gasteiger partial charge on any atom is -0.311 e. The van der Waals surface area contributed by atoms with Crippen molar-refractivity contribution in [3.8, 4) is 0 Å². The van der Waals surface area contributed by atoms with Gasteiger partial charge in [0.1, 0.15) is 0 Å². The molecule has 74 valence electrons. The van der Waals surface area contributed by atoms with Crippen LogP contribution in [0.5, 0.6) is 0 Å². The maximum absolute atomic E-state index is 3.55. The Bertz CT molecular complexity index is 127. The van der Waals surface area contributed by atoms with Gasteiger partial charge in [-0.3, -0.25) is 0 Å². The third kappa shape index (κ3) is 2.25. The van der Waals surface area contributed by atoms with Crippen LogP contribution in [0.15, 0.2) is 0 Å². The summed E-state index contributed by atoms with van der Waals surface area (Å²) in [6, 6.07) is 0. The minimum absolute atomic E-state index is 0. The van der Waals surface area contributed by atoms with Gasteiger partial charge in [-0.25, -0.2) is 0 Å². The van der Waals surface area contributed by atoms with E-state index in [1.165, 1.54) is 38.9 Å². The van der Waals surface area contributed by atoms with Gasteiger partial charge in [0.05, 0.1) is 0 Å². The highest BCUT2D eigenvalue weighted by atomic mass is 35.5. The van der Waals surface area contributed by atoms with Crippen LogP contribution in [0.1, 0.15) is 19.3 Å². The van der Waals surface area contributed by atoms with Crippen molar-refractivity contribution in [3.63, 3.8) is 0 Å². The van der Waals surface area contributed by atoms with E-state index < -0.39 is 0 Å². The van der Waals surface area contributed by atoms with Crippen LogP contribution in [-0.2, 0) is 0 Å². The van der Waals surface area contributed by atoms with Crippen molar-refractivity contribution < 1.29 is 0 Å². The van der Waals surface area contributed by atoms with E-state index in [1.807, 2.05) is 0 Å². The largest absolute Gasteiger partial charge is 0.311 e. The fourth-order valence-electron chi connectivity index (χ4n) is 1.95. The van der Waals surface area contributed by atoms with E-state index in [0.29, 0.717) is 5.54 Å². The van der Waals surface area contributed by atoms with E-state index in [1.54, 1.807) is 0 Å². The van der Waals surface area contributed by atoms with Crippen LogP contribution in [0.3, 0.4) is 0 Å². The molecule has 2 aliphatic rings. The number of likely N-dealkylation sites (tertiary alicyclic amines) is 1. The Morgan fingerprint density at radius 2 is 1.58 bits per heavy atom. The van der Waals surface area contributed by atoms with Crippen molar-refractivity contribution in [3.05, 3.63) is 0 Å². The molecule has 0 bridgehead atoms. The van der Waals surface area contributed by atoms with Crippen molar-refractivity contribution in [2.24, 2.45) is 0 Å². The molecule has 1 spiro atoms. The Kier molecular flexibility index (Phi) is 4.85. The summed E-state index contributed by atoms with van der Waals surface area (Å²) >= 11 is 0. The van der Waals surface area contributed by atoms with E-state index in [2.05, 4.69) is 17.3 Å². The molecule has 0 aromatic rings. The molecule has 0 unspecified atom stereocenters. The lowest BCUT2D eigenvalue weighted by Crippen LogP contribution is -2.61. The topological polar surface area (TPSA) is 15.3 Å². The number of hydrogen-bond donors (Lipinski definition) is 1. The lowest BCUT2D eigenvalue weighted by atomic mass is 9.79. The SMILES string of the molecule is CN1CCC2(CCN2)CC1.Cl.Cl. The average Bonchev–Trinajstić information content (AvgIpc) is 1.86. The summed E-state index contributed by atoms with van der Waals surface area (Å²) in [5, 5.41) is 3.55. The van der Waals surface area contributed by atoms with Gasteiger partial charge in [0.25, 0.3) is 0 Å². The Balaban J connectivity index is 0.000000605. The van der Waals surface area contributed by atoms with Gasteiger partial charge in [0.15, 0.2) is 0 Å². The second-order valence-corrected chi connectivity index (χ2v) is 3.76. The lowest BCUT2D eigenvalue weighted by molar-refractivity contribution is 0.0990. The first kappa shape index (κ1) is 12.5. The minimum atomic E-state index is 0. The molecule has 0 amide bonds. The zero-order valence-corrected chi connectivity index (χ0v) is 9.14. The number of rotatable bonds is 0. The van der Waals surface area contributed by atoms with Crippen LogP contribution in [0.2, 0.25) is 0 Å². The van der Waals surface area contributed by atoms with Crippen LogP contribution in [0.4, 0.5) is 0 Å². The molecule has 2 rings (SSSR count). The number of piperidine rings is 1. The molecular formula is C8H18Cl2N2. The normalized spacial score (nSPS) is 26.8. The molecule has 0 radical (unpaired) electrons. The summed E-state index contributed by atoms with van der Waals surface area (Å²) in [6.45, 7) is 3.82. The van der Waals surface area contributed by atoms with Gasteiger partial charge in [0, 0.05) is 5.54 Å². The van der Waals surface area contributed by atoms with Crippen LogP contribution < -0.4 is 5.32 Å². The second kappa shape index (κ2) is 4.66. The maximum Gasteiger partial charge on any atom is 0.0217 e. The highest BCUT2D eigenvalue weighted by Crippen LogP contribution is 2.30. The molecule has 0 aliphatic carbocycles.